The van der Waals surface area contributed by atoms with Gasteiger partial charge in [0.1, 0.15) is 11.9 Å². The molecule has 2 unspecified atom stereocenters. The molecule has 21 heavy (non-hydrogen) atoms. The van der Waals surface area contributed by atoms with Gasteiger partial charge >= 0.3 is 0 Å². The van der Waals surface area contributed by atoms with Crippen molar-refractivity contribution < 1.29 is 9.90 Å². The number of aliphatic hydroxyl groups is 1. The van der Waals surface area contributed by atoms with Crippen molar-refractivity contribution in [1.82, 2.24) is 4.98 Å². The number of hydrogen-bond donors (Lipinski definition) is 3. The number of nitrogens with two attached hydrogens (primary N) is 2. The third-order valence-electron chi connectivity index (χ3n) is 4.20. The molecule has 1 aromatic heterocycles. The summed E-state index contributed by atoms with van der Waals surface area (Å²) in [5.41, 5.74) is 12.1. The SMILES string of the molecule is NC(=O)C1CC(O)CN1c1ccc(N)c(N2CCCC2)n1. The van der Waals surface area contributed by atoms with Crippen LogP contribution in [0.25, 0.3) is 0 Å². The number of carbonyl (C=O) groups is 1. The van der Waals surface area contributed by atoms with Crippen LogP contribution in [0.5, 0.6) is 0 Å². The minimum absolute atomic E-state index is 0.348. The summed E-state index contributed by atoms with van der Waals surface area (Å²) in [7, 11) is 0. The zero-order valence-electron chi connectivity index (χ0n) is 11.9. The van der Waals surface area contributed by atoms with E-state index in [-0.39, 0.29) is 0 Å². The molecule has 0 saturated carbocycles. The van der Waals surface area contributed by atoms with E-state index >= 15 is 0 Å². The molecule has 0 spiro atoms. The number of primary amides is 1. The summed E-state index contributed by atoms with van der Waals surface area (Å²) < 4.78 is 0. The number of pyridine rings is 1. The number of carbonyl (C=O) groups excluding carboxylic acids is 1. The zero-order valence-corrected chi connectivity index (χ0v) is 11.9. The number of aromatic nitrogens is 1. The molecule has 1 amide bonds. The predicted molar refractivity (Wildman–Crippen MR) is 81.0 cm³/mol. The summed E-state index contributed by atoms with van der Waals surface area (Å²) >= 11 is 0. The fourth-order valence-electron chi connectivity index (χ4n) is 3.13. The lowest BCUT2D eigenvalue weighted by Gasteiger charge is -2.26. The molecule has 0 aliphatic carbocycles. The van der Waals surface area contributed by atoms with Crippen LogP contribution in [-0.2, 0) is 4.79 Å². The first-order chi connectivity index (χ1) is 10.1. The second-order valence-corrected chi connectivity index (χ2v) is 5.74. The second kappa shape index (κ2) is 5.40. The molecule has 0 radical (unpaired) electrons. The normalized spacial score (nSPS) is 25.6. The summed E-state index contributed by atoms with van der Waals surface area (Å²) in [4.78, 5) is 20.1. The van der Waals surface area contributed by atoms with Gasteiger partial charge in [0.05, 0.1) is 11.8 Å². The van der Waals surface area contributed by atoms with Gasteiger partial charge in [-0.2, -0.15) is 0 Å². The second-order valence-electron chi connectivity index (χ2n) is 5.74. The van der Waals surface area contributed by atoms with E-state index in [2.05, 4.69) is 9.88 Å². The number of anilines is 3. The van der Waals surface area contributed by atoms with Crippen LogP contribution in [0.2, 0.25) is 0 Å². The van der Waals surface area contributed by atoms with E-state index in [0.717, 1.165) is 31.7 Å². The minimum Gasteiger partial charge on any atom is -0.396 e. The van der Waals surface area contributed by atoms with Gasteiger partial charge in [0.2, 0.25) is 5.91 Å². The van der Waals surface area contributed by atoms with Crippen LogP contribution in [0.1, 0.15) is 19.3 Å². The summed E-state index contributed by atoms with van der Waals surface area (Å²) in [6, 6.07) is 3.07. The Morgan fingerprint density at radius 3 is 2.71 bits per heavy atom. The molecule has 2 aliphatic heterocycles. The van der Waals surface area contributed by atoms with Crippen molar-refractivity contribution in [2.45, 2.75) is 31.4 Å². The molecule has 2 atom stereocenters. The minimum atomic E-state index is -0.558. The summed E-state index contributed by atoms with van der Waals surface area (Å²) in [5.74, 6) is 0.967. The van der Waals surface area contributed by atoms with E-state index in [9.17, 15) is 9.90 Å². The Balaban J connectivity index is 1.91. The lowest BCUT2D eigenvalue weighted by molar-refractivity contribution is -0.119. The molecular formula is C14H21N5O2. The number of amides is 1. The molecular weight excluding hydrogens is 270 g/mol. The molecule has 2 aliphatic rings. The number of aliphatic hydroxyl groups excluding tert-OH is 1. The monoisotopic (exact) mass is 291 g/mol. The largest absolute Gasteiger partial charge is 0.396 e. The van der Waals surface area contributed by atoms with Crippen molar-refractivity contribution in [2.24, 2.45) is 5.73 Å². The molecule has 5 N–H and O–H groups in total. The lowest BCUT2D eigenvalue weighted by Crippen LogP contribution is -2.41. The van der Waals surface area contributed by atoms with Crippen molar-refractivity contribution in [3.63, 3.8) is 0 Å². The van der Waals surface area contributed by atoms with Crippen LogP contribution in [0, 0.1) is 0 Å². The fraction of sp³-hybridized carbons (Fsp3) is 0.571. The van der Waals surface area contributed by atoms with Crippen molar-refractivity contribution in [1.29, 1.82) is 0 Å². The maximum atomic E-state index is 11.5. The molecule has 7 heteroatoms. The molecule has 2 fully saturated rings. The number of hydrogen-bond acceptors (Lipinski definition) is 6. The number of rotatable bonds is 3. The molecule has 0 aromatic carbocycles. The van der Waals surface area contributed by atoms with E-state index in [1.54, 1.807) is 17.0 Å². The van der Waals surface area contributed by atoms with Crippen LogP contribution in [0.4, 0.5) is 17.3 Å². The fourth-order valence-corrected chi connectivity index (χ4v) is 3.13. The zero-order chi connectivity index (χ0) is 15.0. The lowest BCUT2D eigenvalue weighted by atomic mass is 10.2. The quantitative estimate of drug-likeness (QED) is 0.705. The summed E-state index contributed by atoms with van der Waals surface area (Å²) in [6.07, 6.45) is 2.06. The van der Waals surface area contributed by atoms with E-state index in [4.69, 9.17) is 11.5 Å². The van der Waals surface area contributed by atoms with Gasteiger partial charge in [0.15, 0.2) is 5.82 Å². The average Bonchev–Trinajstić information content (AvgIpc) is 3.08. The Hall–Kier alpha value is -2.02. The van der Waals surface area contributed by atoms with E-state index in [1.165, 1.54) is 0 Å². The van der Waals surface area contributed by atoms with Gasteiger partial charge in [-0.15, -0.1) is 0 Å². The van der Waals surface area contributed by atoms with E-state index in [1.807, 2.05) is 0 Å². The van der Waals surface area contributed by atoms with Crippen molar-refractivity contribution in [3.05, 3.63) is 12.1 Å². The molecule has 2 saturated heterocycles. The highest BCUT2D eigenvalue weighted by Crippen LogP contribution is 2.30. The highest BCUT2D eigenvalue weighted by atomic mass is 16.3. The van der Waals surface area contributed by atoms with Crippen LogP contribution in [0.15, 0.2) is 12.1 Å². The van der Waals surface area contributed by atoms with E-state index in [0.29, 0.717) is 24.5 Å². The molecule has 114 valence electrons. The smallest absolute Gasteiger partial charge is 0.240 e. The van der Waals surface area contributed by atoms with Crippen LogP contribution >= 0.6 is 0 Å². The van der Waals surface area contributed by atoms with Gasteiger partial charge < -0.3 is 26.4 Å². The van der Waals surface area contributed by atoms with Gasteiger partial charge in [-0.05, 0) is 25.0 Å². The van der Waals surface area contributed by atoms with Crippen molar-refractivity contribution in [3.8, 4) is 0 Å². The van der Waals surface area contributed by atoms with Crippen molar-refractivity contribution >= 4 is 23.2 Å². The average molecular weight is 291 g/mol. The highest BCUT2D eigenvalue weighted by Gasteiger charge is 2.36. The van der Waals surface area contributed by atoms with Crippen LogP contribution in [0.3, 0.4) is 0 Å². The first kappa shape index (κ1) is 13.9. The molecule has 1 aromatic rings. The van der Waals surface area contributed by atoms with Gasteiger partial charge in [0, 0.05) is 26.1 Å². The van der Waals surface area contributed by atoms with Crippen LogP contribution in [-0.4, -0.2) is 47.8 Å². The number of nitrogens with zero attached hydrogens (tertiary/aromatic N) is 3. The Morgan fingerprint density at radius 1 is 1.33 bits per heavy atom. The molecule has 0 bridgehead atoms. The summed E-state index contributed by atoms with van der Waals surface area (Å²) in [6.45, 7) is 2.26. The molecule has 3 rings (SSSR count). The van der Waals surface area contributed by atoms with Gasteiger partial charge in [0.25, 0.3) is 0 Å². The Morgan fingerprint density at radius 2 is 2.05 bits per heavy atom. The third kappa shape index (κ3) is 2.61. The molecule has 3 heterocycles. The van der Waals surface area contributed by atoms with Crippen LogP contribution < -0.4 is 21.3 Å². The first-order valence-electron chi connectivity index (χ1n) is 7.32. The van der Waals surface area contributed by atoms with Gasteiger partial charge in [-0.25, -0.2) is 4.98 Å². The Kier molecular flexibility index (Phi) is 3.59. The topological polar surface area (TPSA) is 109 Å². The maximum Gasteiger partial charge on any atom is 0.240 e. The predicted octanol–water partition coefficient (Wildman–Crippen LogP) is -0.311. The Bertz CT molecular complexity index is 544. The standard InChI is InChI=1S/C14H21N5O2/c15-10-3-4-12(17-14(10)18-5-1-2-6-18)19-8-9(20)7-11(19)13(16)21/h3-4,9,11,20H,1-2,5-8,15H2,(H2,16,21). The third-order valence-corrected chi connectivity index (χ3v) is 4.20. The van der Waals surface area contributed by atoms with Crippen molar-refractivity contribution in [2.75, 3.05) is 35.2 Å². The van der Waals surface area contributed by atoms with E-state index < -0.39 is 18.1 Å². The summed E-state index contributed by atoms with van der Waals surface area (Å²) in [5, 5.41) is 9.80. The molecule has 7 nitrogen and oxygen atoms in total. The number of β-amino-alcohol motifs (C(OH)–C–C–N with tert-alkyl or cyclic N) is 1. The first-order valence-corrected chi connectivity index (χ1v) is 7.32. The number of nitrogen functional groups attached to an aromatic ring is 1. The maximum absolute atomic E-state index is 11.5. The highest BCUT2D eigenvalue weighted by molar-refractivity contribution is 5.84. The Labute approximate surface area is 123 Å². The van der Waals surface area contributed by atoms with Gasteiger partial charge in [-0.3, -0.25) is 4.79 Å². The van der Waals surface area contributed by atoms with Gasteiger partial charge in [-0.1, -0.05) is 0 Å².